The number of anilines is 1. The quantitative estimate of drug-likeness (QED) is 0.484. The van der Waals surface area contributed by atoms with Gasteiger partial charge in [0.1, 0.15) is 0 Å². The van der Waals surface area contributed by atoms with Crippen molar-refractivity contribution >= 4 is 39.3 Å². The van der Waals surface area contributed by atoms with Gasteiger partial charge in [0.05, 0.1) is 21.2 Å². The van der Waals surface area contributed by atoms with Gasteiger partial charge in [0.2, 0.25) is 0 Å². The average molecular weight is 464 g/mol. The van der Waals surface area contributed by atoms with Crippen LogP contribution in [0, 0.1) is 27.7 Å². The predicted octanol–water partition coefficient (Wildman–Crippen LogP) is 5.98. The molecule has 0 saturated heterocycles. The molecule has 164 valence electrons. The zero-order valence-corrected chi connectivity index (χ0v) is 20.2. The first-order valence-corrected chi connectivity index (χ1v) is 12.8. The number of hydrogen-bond acceptors (Lipinski definition) is 4. The Labute approximate surface area is 193 Å². The molecule has 32 heavy (non-hydrogen) atoms. The van der Waals surface area contributed by atoms with Crippen molar-refractivity contribution in [1.29, 1.82) is 0 Å². The van der Waals surface area contributed by atoms with Crippen LogP contribution >= 0.6 is 11.8 Å². The van der Waals surface area contributed by atoms with Gasteiger partial charge in [0, 0.05) is 4.90 Å². The van der Waals surface area contributed by atoms with E-state index in [2.05, 4.69) is 11.4 Å². The first kappa shape index (κ1) is 22.4. The minimum Gasteiger partial charge on any atom is -0.320 e. The molecule has 1 aliphatic heterocycles. The zero-order valence-electron chi connectivity index (χ0n) is 18.5. The number of carbonyl (C=O) groups excluding carboxylic acids is 1. The van der Waals surface area contributed by atoms with Crippen molar-refractivity contribution < 1.29 is 13.2 Å². The number of aryl methyl sites for hydroxylation is 4. The number of nitrogens with one attached hydrogen (secondary N) is 1. The lowest BCUT2D eigenvalue weighted by Crippen LogP contribution is -2.18. The van der Waals surface area contributed by atoms with E-state index in [-0.39, 0.29) is 16.6 Å². The molecule has 6 heteroatoms. The number of thioether (sulfide) groups is 1. The second-order valence-electron chi connectivity index (χ2n) is 8.21. The summed E-state index contributed by atoms with van der Waals surface area (Å²) in [5.41, 5.74) is 6.61. The van der Waals surface area contributed by atoms with Crippen molar-refractivity contribution in [3.63, 3.8) is 0 Å². The van der Waals surface area contributed by atoms with Crippen LogP contribution in [0.4, 0.5) is 5.69 Å². The maximum absolute atomic E-state index is 13.2. The molecule has 0 saturated carbocycles. The van der Waals surface area contributed by atoms with E-state index >= 15 is 0 Å². The van der Waals surface area contributed by atoms with Gasteiger partial charge in [-0.25, -0.2) is 8.42 Å². The van der Waals surface area contributed by atoms with Crippen LogP contribution in [-0.2, 0) is 20.4 Å². The Morgan fingerprint density at radius 1 is 0.906 bits per heavy atom. The van der Waals surface area contributed by atoms with Crippen LogP contribution in [0.25, 0.3) is 6.08 Å². The smallest absolute Gasteiger partial charge is 0.262 e. The standard InChI is InChI=1S/C26H25NO3S2/c1-16-8-9-20(19(4)12-16)13-25-26(28)27-23-11-10-21(14-24(23)31-25)32(29,30)15-22-17(2)6-5-7-18(22)3/h5-14H,15H2,1-4H3,(H,27,28)/b25-13-. The van der Waals surface area contributed by atoms with Crippen LogP contribution in [0.15, 0.2) is 69.3 Å². The van der Waals surface area contributed by atoms with Crippen molar-refractivity contribution in [1.82, 2.24) is 0 Å². The molecule has 0 atom stereocenters. The minimum atomic E-state index is -3.54. The lowest BCUT2D eigenvalue weighted by Gasteiger charge is -2.20. The van der Waals surface area contributed by atoms with Gasteiger partial charge >= 0.3 is 0 Å². The van der Waals surface area contributed by atoms with E-state index in [9.17, 15) is 13.2 Å². The summed E-state index contributed by atoms with van der Waals surface area (Å²) in [4.78, 5) is 14.1. The maximum Gasteiger partial charge on any atom is 0.262 e. The van der Waals surface area contributed by atoms with E-state index in [1.54, 1.807) is 18.2 Å². The summed E-state index contributed by atoms with van der Waals surface area (Å²) in [6.07, 6.45) is 1.86. The van der Waals surface area contributed by atoms with Gasteiger partial charge < -0.3 is 5.32 Å². The zero-order chi connectivity index (χ0) is 23.0. The van der Waals surface area contributed by atoms with Crippen LogP contribution in [0.3, 0.4) is 0 Å². The lowest BCUT2D eigenvalue weighted by molar-refractivity contribution is -0.112. The van der Waals surface area contributed by atoms with Gasteiger partial charge in [-0.1, -0.05) is 53.7 Å². The number of sulfone groups is 1. The molecule has 0 spiro atoms. The largest absolute Gasteiger partial charge is 0.320 e. The topological polar surface area (TPSA) is 63.2 Å². The van der Waals surface area contributed by atoms with Crippen LogP contribution in [0.5, 0.6) is 0 Å². The second kappa shape index (κ2) is 8.60. The highest BCUT2D eigenvalue weighted by Gasteiger charge is 2.25. The van der Waals surface area contributed by atoms with Gasteiger partial charge in [0.25, 0.3) is 5.91 Å². The first-order valence-electron chi connectivity index (χ1n) is 10.3. The molecule has 4 nitrogen and oxygen atoms in total. The summed E-state index contributed by atoms with van der Waals surface area (Å²) >= 11 is 1.30. The molecular weight excluding hydrogens is 438 g/mol. The van der Waals surface area contributed by atoms with E-state index in [1.165, 1.54) is 11.8 Å². The van der Waals surface area contributed by atoms with Gasteiger partial charge in [-0.3, -0.25) is 4.79 Å². The molecular formula is C26H25NO3S2. The molecule has 1 heterocycles. The fraction of sp³-hybridized carbons (Fsp3) is 0.192. The Hall–Kier alpha value is -2.83. The summed E-state index contributed by atoms with van der Waals surface area (Å²) in [5.74, 6) is -0.235. The van der Waals surface area contributed by atoms with E-state index in [0.29, 0.717) is 10.6 Å². The van der Waals surface area contributed by atoms with E-state index in [1.807, 2.05) is 64.1 Å². The predicted molar refractivity (Wildman–Crippen MR) is 132 cm³/mol. The number of fused-ring (bicyclic) bond motifs is 1. The third-order valence-corrected chi connectivity index (χ3v) is 8.42. The molecule has 0 radical (unpaired) electrons. The third-order valence-electron chi connectivity index (χ3n) is 5.69. The van der Waals surface area contributed by atoms with E-state index in [4.69, 9.17) is 0 Å². The molecule has 0 unspecified atom stereocenters. The van der Waals surface area contributed by atoms with Crippen LogP contribution in [-0.4, -0.2) is 14.3 Å². The molecule has 1 amide bonds. The fourth-order valence-electron chi connectivity index (χ4n) is 3.81. The van der Waals surface area contributed by atoms with Crippen LogP contribution in [0.2, 0.25) is 0 Å². The number of carbonyl (C=O) groups is 1. The second-order valence-corrected chi connectivity index (χ2v) is 11.3. The Morgan fingerprint density at radius 2 is 1.62 bits per heavy atom. The molecule has 1 N–H and O–H groups in total. The summed E-state index contributed by atoms with van der Waals surface area (Å²) in [5, 5.41) is 2.88. The summed E-state index contributed by atoms with van der Waals surface area (Å²) in [7, 11) is -3.54. The maximum atomic E-state index is 13.2. The normalized spacial score (nSPS) is 14.9. The molecule has 3 aromatic rings. The number of benzene rings is 3. The Morgan fingerprint density at radius 3 is 2.31 bits per heavy atom. The Bertz CT molecular complexity index is 1350. The molecule has 0 aliphatic carbocycles. The highest BCUT2D eigenvalue weighted by atomic mass is 32.2. The van der Waals surface area contributed by atoms with Gasteiger partial charge in [-0.2, -0.15) is 0 Å². The van der Waals surface area contributed by atoms with Crippen molar-refractivity contribution in [3.05, 3.63) is 92.9 Å². The molecule has 3 aromatic carbocycles. The lowest BCUT2D eigenvalue weighted by atomic mass is 10.1. The third kappa shape index (κ3) is 4.52. The fourth-order valence-corrected chi connectivity index (χ4v) is 6.44. The van der Waals surface area contributed by atoms with Gasteiger partial charge in [0.15, 0.2) is 9.84 Å². The number of amides is 1. The molecule has 0 bridgehead atoms. The molecule has 4 rings (SSSR count). The average Bonchev–Trinajstić information content (AvgIpc) is 2.73. The number of hydrogen-bond donors (Lipinski definition) is 1. The highest BCUT2D eigenvalue weighted by Crippen LogP contribution is 2.40. The summed E-state index contributed by atoms with van der Waals surface area (Å²) < 4.78 is 26.4. The van der Waals surface area contributed by atoms with E-state index < -0.39 is 9.84 Å². The van der Waals surface area contributed by atoms with E-state index in [0.717, 1.165) is 38.3 Å². The van der Waals surface area contributed by atoms with Crippen molar-refractivity contribution in [3.8, 4) is 0 Å². The van der Waals surface area contributed by atoms with Crippen LogP contribution in [0.1, 0.15) is 33.4 Å². The van der Waals surface area contributed by atoms with Crippen LogP contribution < -0.4 is 5.32 Å². The summed E-state index contributed by atoms with van der Waals surface area (Å²) in [6.45, 7) is 7.90. The summed E-state index contributed by atoms with van der Waals surface area (Å²) in [6, 6.07) is 16.8. The van der Waals surface area contributed by atoms with Crippen molar-refractivity contribution in [2.45, 2.75) is 43.2 Å². The van der Waals surface area contributed by atoms with Gasteiger partial charge in [-0.05, 0) is 79.8 Å². The van der Waals surface area contributed by atoms with Gasteiger partial charge in [-0.15, -0.1) is 0 Å². The monoisotopic (exact) mass is 463 g/mol. The highest BCUT2D eigenvalue weighted by molar-refractivity contribution is 8.04. The Balaban J connectivity index is 1.67. The molecule has 1 aliphatic rings. The van der Waals surface area contributed by atoms with Crippen molar-refractivity contribution in [2.24, 2.45) is 0 Å². The molecule has 0 fully saturated rings. The molecule has 0 aromatic heterocycles. The minimum absolute atomic E-state index is 0.0490. The number of rotatable bonds is 4. The Kier molecular flexibility index (Phi) is 6.01. The first-order chi connectivity index (χ1) is 15.1. The SMILES string of the molecule is Cc1ccc(/C=C2\Sc3cc(S(=O)(=O)Cc4c(C)cccc4C)ccc3NC2=O)c(C)c1. The van der Waals surface area contributed by atoms with Crippen molar-refractivity contribution in [2.75, 3.05) is 5.32 Å².